The number of benzene rings is 1. The van der Waals surface area contributed by atoms with Crippen LogP contribution in [0, 0.1) is 0 Å². The van der Waals surface area contributed by atoms with Gasteiger partial charge in [-0.05, 0) is 25.1 Å². The smallest absolute Gasteiger partial charge is 0.123 e. The van der Waals surface area contributed by atoms with Crippen LogP contribution in [-0.4, -0.2) is 33.5 Å². The van der Waals surface area contributed by atoms with Gasteiger partial charge in [-0.1, -0.05) is 0 Å². The zero-order chi connectivity index (χ0) is 12.3. The summed E-state index contributed by atoms with van der Waals surface area (Å²) in [6, 6.07) is 6.33. The third kappa shape index (κ3) is 2.70. The molecule has 1 aliphatic heterocycles. The van der Waals surface area contributed by atoms with Crippen molar-refractivity contribution in [2.24, 2.45) is 0 Å². The lowest BCUT2D eigenvalue weighted by Gasteiger charge is -2.30. The first-order valence-corrected chi connectivity index (χ1v) is 5.80. The van der Waals surface area contributed by atoms with Crippen LogP contribution in [0.2, 0.25) is 0 Å². The van der Waals surface area contributed by atoms with Crippen LogP contribution >= 0.6 is 0 Å². The van der Waals surface area contributed by atoms with Crippen LogP contribution in [0.3, 0.4) is 0 Å². The maximum absolute atomic E-state index is 5.56. The van der Waals surface area contributed by atoms with E-state index in [2.05, 4.69) is 12.2 Å². The Morgan fingerprint density at radius 2 is 2.06 bits per heavy atom. The molecule has 94 valence electrons. The molecule has 4 heteroatoms. The number of hydrogen-bond acceptors (Lipinski definition) is 4. The van der Waals surface area contributed by atoms with Gasteiger partial charge in [0.1, 0.15) is 11.5 Å². The first kappa shape index (κ1) is 12.2. The van der Waals surface area contributed by atoms with Crippen LogP contribution in [0.5, 0.6) is 11.5 Å². The molecule has 0 bridgehead atoms. The van der Waals surface area contributed by atoms with Gasteiger partial charge < -0.3 is 19.5 Å². The molecule has 1 heterocycles. The van der Waals surface area contributed by atoms with E-state index in [1.54, 1.807) is 14.2 Å². The summed E-state index contributed by atoms with van der Waals surface area (Å²) < 4.78 is 16.2. The lowest BCUT2D eigenvalue weighted by molar-refractivity contribution is 0.0496. The van der Waals surface area contributed by atoms with Crippen molar-refractivity contribution in [1.29, 1.82) is 0 Å². The predicted octanol–water partition coefficient (Wildman–Crippen LogP) is 1.75. The van der Waals surface area contributed by atoms with Crippen LogP contribution in [0.15, 0.2) is 18.2 Å². The monoisotopic (exact) mass is 237 g/mol. The molecule has 1 N–H and O–H groups in total. The molecule has 0 radical (unpaired) electrons. The average molecular weight is 237 g/mol. The van der Waals surface area contributed by atoms with E-state index in [1.165, 1.54) is 0 Å². The fourth-order valence-corrected chi connectivity index (χ4v) is 2.09. The second kappa shape index (κ2) is 5.38. The molecule has 0 aromatic heterocycles. The maximum Gasteiger partial charge on any atom is 0.123 e. The van der Waals surface area contributed by atoms with Crippen molar-refractivity contribution in [2.45, 2.75) is 19.0 Å². The standard InChI is InChI=1S/C13H19NO3/c1-9-7-17-8-12(14-9)11-6-10(15-2)4-5-13(11)16-3/h4-6,9,12,14H,7-8H2,1-3H3. The molecule has 17 heavy (non-hydrogen) atoms. The molecule has 1 saturated heterocycles. The fourth-order valence-electron chi connectivity index (χ4n) is 2.09. The molecule has 1 fully saturated rings. The highest BCUT2D eigenvalue weighted by molar-refractivity contribution is 5.42. The minimum absolute atomic E-state index is 0.156. The normalized spacial score (nSPS) is 24.4. The molecule has 1 aromatic rings. The Hall–Kier alpha value is -1.26. The summed E-state index contributed by atoms with van der Waals surface area (Å²) in [5.41, 5.74) is 1.08. The van der Waals surface area contributed by atoms with E-state index in [4.69, 9.17) is 14.2 Å². The molecule has 2 unspecified atom stereocenters. The summed E-state index contributed by atoms with van der Waals surface area (Å²) >= 11 is 0. The van der Waals surface area contributed by atoms with Crippen molar-refractivity contribution in [3.63, 3.8) is 0 Å². The summed E-state index contributed by atoms with van der Waals surface area (Å²) in [6.07, 6.45) is 0. The summed E-state index contributed by atoms with van der Waals surface area (Å²) in [5.74, 6) is 1.70. The van der Waals surface area contributed by atoms with Gasteiger partial charge in [0.25, 0.3) is 0 Å². The number of hydrogen-bond donors (Lipinski definition) is 1. The summed E-state index contributed by atoms with van der Waals surface area (Å²) in [6.45, 7) is 3.52. The molecule has 2 rings (SSSR count). The topological polar surface area (TPSA) is 39.7 Å². The Bertz CT molecular complexity index is 381. The first-order chi connectivity index (χ1) is 8.24. The van der Waals surface area contributed by atoms with Gasteiger partial charge in [-0.25, -0.2) is 0 Å². The Morgan fingerprint density at radius 3 is 2.71 bits per heavy atom. The number of rotatable bonds is 3. The SMILES string of the molecule is COc1ccc(OC)c(C2COCC(C)N2)c1. The van der Waals surface area contributed by atoms with Gasteiger partial charge in [-0.15, -0.1) is 0 Å². The zero-order valence-corrected chi connectivity index (χ0v) is 10.5. The van der Waals surface area contributed by atoms with Crippen molar-refractivity contribution < 1.29 is 14.2 Å². The molecular weight excluding hydrogens is 218 g/mol. The van der Waals surface area contributed by atoms with E-state index < -0.39 is 0 Å². The van der Waals surface area contributed by atoms with Gasteiger partial charge >= 0.3 is 0 Å². The van der Waals surface area contributed by atoms with E-state index in [1.807, 2.05) is 18.2 Å². The summed E-state index contributed by atoms with van der Waals surface area (Å²) in [7, 11) is 3.34. The third-order valence-electron chi connectivity index (χ3n) is 2.95. The van der Waals surface area contributed by atoms with Gasteiger partial charge in [0.15, 0.2) is 0 Å². The molecule has 0 aliphatic carbocycles. The van der Waals surface area contributed by atoms with Crippen LogP contribution in [0.25, 0.3) is 0 Å². The lowest BCUT2D eigenvalue weighted by atomic mass is 10.0. The quantitative estimate of drug-likeness (QED) is 0.869. The maximum atomic E-state index is 5.56. The van der Waals surface area contributed by atoms with E-state index in [-0.39, 0.29) is 6.04 Å². The Morgan fingerprint density at radius 1 is 1.24 bits per heavy atom. The molecule has 4 nitrogen and oxygen atoms in total. The van der Waals surface area contributed by atoms with Gasteiger partial charge in [0.2, 0.25) is 0 Å². The molecule has 1 aliphatic rings. The molecule has 0 saturated carbocycles. The van der Waals surface area contributed by atoms with Crippen LogP contribution in [0.4, 0.5) is 0 Å². The van der Waals surface area contributed by atoms with Gasteiger partial charge in [0, 0.05) is 11.6 Å². The Kier molecular flexibility index (Phi) is 3.86. The second-order valence-corrected chi connectivity index (χ2v) is 4.27. The third-order valence-corrected chi connectivity index (χ3v) is 2.95. The van der Waals surface area contributed by atoms with Crippen LogP contribution < -0.4 is 14.8 Å². The van der Waals surface area contributed by atoms with Crippen molar-refractivity contribution in [2.75, 3.05) is 27.4 Å². The van der Waals surface area contributed by atoms with E-state index in [0.29, 0.717) is 12.6 Å². The van der Waals surface area contributed by atoms with Gasteiger partial charge in [-0.3, -0.25) is 0 Å². The lowest BCUT2D eigenvalue weighted by Crippen LogP contribution is -2.41. The second-order valence-electron chi connectivity index (χ2n) is 4.27. The summed E-state index contributed by atoms with van der Waals surface area (Å²) in [4.78, 5) is 0. The highest BCUT2D eigenvalue weighted by Crippen LogP contribution is 2.30. The van der Waals surface area contributed by atoms with Gasteiger partial charge in [-0.2, -0.15) is 0 Å². The van der Waals surface area contributed by atoms with Gasteiger partial charge in [0.05, 0.1) is 33.5 Å². The van der Waals surface area contributed by atoms with E-state index >= 15 is 0 Å². The number of morpholine rings is 1. The summed E-state index contributed by atoms with van der Waals surface area (Å²) in [5, 5.41) is 3.50. The minimum Gasteiger partial charge on any atom is -0.497 e. The van der Waals surface area contributed by atoms with E-state index in [0.717, 1.165) is 23.7 Å². The Balaban J connectivity index is 2.27. The molecule has 0 spiro atoms. The highest BCUT2D eigenvalue weighted by atomic mass is 16.5. The highest BCUT2D eigenvalue weighted by Gasteiger charge is 2.23. The van der Waals surface area contributed by atoms with Crippen molar-refractivity contribution in [3.05, 3.63) is 23.8 Å². The van der Waals surface area contributed by atoms with Crippen LogP contribution in [-0.2, 0) is 4.74 Å². The molecule has 1 aromatic carbocycles. The number of ether oxygens (including phenoxy) is 3. The largest absolute Gasteiger partial charge is 0.497 e. The van der Waals surface area contributed by atoms with Crippen LogP contribution in [0.1, 0.15) is 18.5 Å². The molecular formula is C13H19NO3. The molecule has 2 atom stereocenters. The zero-order valence-electron chi connectivity index (χ0n) is 10.5. The van der Waals surface area contributed by atoms with Crippen molar-refractivity contribution >= 4 is 0 Å². The Labute approximate surface area is 102 Å². The predicted molar refractivity (Wildman–Crippen MR) is 65.7 cm³/mol. The number of nitrogens with one attached hydrogen (secondary N) is 1. The average Bonchev–Trinajstić information content (AvgIpc) is 2.38. The fraction of sp³-hybridized carbons (Fsp3) is 0.538. The first-order valence-electron chi connectivity index (χ1n) is 5.80. The number of methoxy groups -OCH3 is 2. The van der Waals surface area contributed by atoms with Crippen molar-refractivity contribution in [3.8, 4) is 11.5 Å². The van der Waals surface area contributed by atoms with E-state index in [9.17, 15) is 0 Å². The van der Waals surface area contributed by atoms with Crippen molar-refractivity contribution in [1.82, 2.24) is 5.32 Å². The minimum atomic E-state index is 0.156. The molecule has 0 amide bonds.